The minimum atomic E-state index is -4.95. The number of hydrogen-bond donors (Lipinski definition) is 4. The highest BCUT2D eigenvalue weighted by molar-refractivity contribution is 7.47. The molecule has 0 heterocycles. The second-order valence-electron chi connectivity index (χ2n) is 36.0. The maximum absolute atomic E-state index is 13.2. The van der Waals surface area contributed by atoms with Gasteiger partial charge in [0.1, 0.15) is 25.4 Å². The van der Waals surface area contributed by atoms with Gasteiger partial charge in [-0.15, -0.1) is 0 Å². The minimum Gasteiger partial charge on any atom is -0.463 e. The van der Waals surface area contributed by atoms with Gasteiger partial charge >= 0.3 is 33.6 Å². The second-order valence-corrected chi connectivity index (χ2v) is 38.9. The molecule has 0 aliphatic rings. The first-order valence-electron chi connectivity index (χ1n) is 54.1. The number of phosphoric ester groups is 2. The molecule has 0 spiro atoms. The number of unbranched alkanes of at least 4 members (excludes halogenated alkanes) is 49. The van der Waals surface area contributed by atoms with Gasteiger partial charge in [0.25, 0.3) is 0 Å². The van der Waals surface area contributed by atoms with E-state index >= 15 is 0 Å². The molecular weight excluding hydrogens is 1700 g/mol. The van der Waals surface area contributed by atoms with Crippen LogP contribution in [-0.4, -0.2) is 95.9 Å². The van der Waals surface area contributed by atoms with Crippen LogP contribution in [0.5, 0.6) is 0 Å². The second kappa shape index (κ2) is 106. The molecule has 4 N–H and O–H groups in total. The molecule has 16 nitrogen and oxygen atoms in total. The fraction of sp³-hybridized carbons (Fsp3) is 0.713. The molecule has 18 heteroatoms. The van der Waals surface area contributed by atoms with Crippen LogP contribution in [0.3, 0.4) is 0 Å². The van der Waals surface area contributed by atoms with Crippen LogP contribution in [0.2, 0.25) is 0 Å². The van der Waals surface area contributed by atoms with Crippen LogP contribution >= 0.6 is 15.6 Å². The van der Waals surface area contributed by atoms with Crippen LogP contribution in [0.25, 0.3) is 0 Å². The van der Waals surface area contributed by atoms with E-state index in [4.69, 9.17) is 32.3 Å². The number of carbonyl (C=O) groups excluding carboxylic acids is 3. The number of aliphatic hydroxyl groups is 2. The van der Waals surface area contributed by atoms with Crippen molar-refractivity contribution in [3.05, 3.63) is 182 Å². The maximum Gasteiger partial charge on any atom is 0.472 e. The van der Waals surface area contributed by atoms with Gasteiger partial charge in [0, 0.05) is 19.3 Å². The highest BCUT2D eigenvalue weighted by Gasteiger charge is 2.30. The lowest BCUT2D eigenvalue weighted by Crippen LogP contribution is -2.30. The predicted molar refractivity (Wildman–Crippen MR) is 565 cm³/mol. The molecular formula is C115H198O16P2. The molecule has 0 fully saturated rings. The van der Waals surface area contributed by atoms with Gasteiger partial charge in [-0.25, -0.2) is 9.13 Å². The first kappa shape index (κ1) is 128. The van der Waals surface area contributed by atoms with Crippen molar-refractivity contribution in [1.82, 2.24) is 0 Å². The van der Waals surface area contributed by atoms with Crippen LogP contribution in [0.1, 0.15) is 470 Å². The number of aliphatic hydroxyl groups excluding tert-OH is 2. The summed E-state index contributed by atoms with van der Waals surface area (Å²) in [7, 11) is -9.82. The molecule has 0 aliphatic carbocycles. The van der Waals surface area contributed by atoms with Gasteiger partial charge in [-0.1, -0.05) is 473 Å². The molecule has 5 unspecified atom stereocenters. The normalized spacial score (nSPS) is 14.3. The Kier molecular flexibility index (Phi) is 101. The van der Waals surface area contributed by atoms with E-state index in [1.165, 1.54) is 244 Å². The van der Waals surface area contributed by atoms with Crippen molar-refractivity contribution in [3.63, 3.8) is 0 Å². The third-order valence-corrected chi connectivity index (χ3v) is 25.0. The smallest absolute Gasteiger partial charge is 0.463 e. The zero-order valence-corrected chi connectivity index (χ0v) is 86.7. The topological polar surface area (TPSA) is 231 Å². The summed E-state index contributed by atoms with van der Waals surface area (Å²) in [6.45, 7) is 2.52. The van der Waals surface area contributed by atoms with Crippen LogP contribution in [0.15, 0.2) is 182 Å². The first-order chi connectivity index (χ1) is 65.2. The Morgan fingerprint density at radius 1 is 0.218 bits per heavy atom. The van der Waals surface area contributed by atoms with Crippen molar-refractivity contribution in [2.24, 2.45) is 0 Å². The lowest BCUT2D eigenvalue weighted by molar-refractivity contribution is -0.161. The minimum absolute atomic E-state index is 0.102. The van der Waals surface area contributed by atoms with Crippen molar-refractivity contribution in [2.75, 3.05) is 39.6 Å². The summed E-state index contributed by atoms with van der Waals surface area (Å²) in [6, 6.07) is 0. The van der Waals surface area contributed by atoms with Gasteiger partial charge in [0.15, 0.2) is 6.10 Å². The highest BCUT2D eigenvalue weighted by atomic mass is 31.2. The van der Waals surface area contributed by atoms with Gasteiger partial charge in [-0.3, -0.25) is 32.5 Å². The van der Waals surface area contributed by atoms with Crippen molar-refractivity contribution in [2.45, 2.75) is 489 Å². The summed E-state index contributed by atoms with van der Waals surface area (Å²) < 4.78 is 61.8. The van der Waals surface area contributed by atoms with Crippen LogP contribution in [0, 0.1) is 0 Å². The fourth-order valence-electron chi connectivity index (χ4n) is 15.0. The number of allylic oxidation sites excluding steroid dienone is 30. The van der Waals surface area contributed by atoms with E-state index in [0.717, 1.165) is 167 Å². The maximum atomic E-state index is 13.2. The van der Waals surface area contributed by atoms with Crippen molar-refractivity contribution in [1.29, 1.82) is 0 Å². The van der Waals surface area contributed by atoms with E-state index in [1.54, 1.807) is 0 Å². The quantitative estimate of drug-likeness (QED) is 0.0146. The molecule has 0 aromatic rings. The Balaban J connectivity index is 4.62. The van der Waals surface area contributed by atoms with Crippen LogP contribution in [-0.2, 0) is 55.8 Å². The third kappa shape index (κ3) is 107. The van der Waals surface area contributed by atoms with E-state index in [-0.39, 0.29) is 19.3 Å². The summed E-state index contributed by atoms with van der Waals surface area (Å²) in [5.74, 6) is -1.55. The standard InChI is InChI=1S/C115H198O16P2/c1-4-7-10-13-16-19-22-25-28-31-34-37-40-43-46-49-52-54-57-59-62-65-68-71-74-77-80-83-86-89-92-95-98-101-113(118)125-104-110(116)105-127-132(121,122)128-106-111(117)107-129-133(123,124)130-109-112(131-115(120)103-100-97-94-91-88-85-82-79-76-73-70-67-64-61-56-51-48-45-42-39-36-33-30-27-24-21-18-15-12-9-6-3)108-126-114(119)102-99-96-93-90-87-84-81-78-75-72-69-66-63-60-58-55-53-50-47-44-41-38-35-32-29-26-23-20-17-14-11-8-5-2/h7,9-10,12,16-21,25-30,34-39,43-48,52,54,110-112,116-117H,4-6,8,11,13-15,22-24,31-33,40-42,49-51,53,55-109H2,1-3H3,(H,121,122)(H,123,124)/b10-7-,12-9-,19-16-,20-17-,21-18-,28-25-,29-26-,30-27-,37-34-,38-35-,39-36-,46-43-,47-44-,48-45-,54-52-. The van der Waals surface area contributed by atoms with Gasteiger partial charge in [0.2, 0.25) is 0 Å². The summed E-state index contributed by atoms with van der Waals surface area (Å²) in [6.07, 6.45) is 141. The van der Waals surface area contributed by atoms with Gasteiger partial charge in [-0.05, 0) is 161 Å². The molecule has 0 saturated carbocycles. The summed E-state index contributed by atoms with van der Waals surface area (Å²) in [5, 5.41) is 20.8. The average Bonchev–Trinajstić information content (AvgIpc) is 0.896. The van der Waals surface area contributed by atoms with Gasteiger partial charge in [0.05, 0.1) is 26.4 Å². The Hall–Kier alpha value is -5.35. The first-order valence-corrected chi connectivity index (χ1v) is 57.1. The van der Waals surface area contributed by atoms with Crippen molar-refractivity contribution < 1.29 is 75.8 Å². The summed E-state index contributed by atoms with van der Waals surface area (Å²) in [4.78, 5) is 59.3. The molecule has 0 rings (SSSR count). The number of ether oxygens (including phenoxy) is 3. The number of rotatable bonds is 102. The molecule has 0 aromatic carbocycles. The summed E-state index contributed by atoms with van der Waals surface area (Å²) in [5.41, 5.74) is 0. The van der Waals surface area contributed by atoms with E-state index < -0.39 is 91.5 Å². The molecule has 0 bridgehead atoms. The molecule has 133 heavy (non-hydrogen) atoms. The Bertz CT molecular complexity index is 3150. The molecule has 0 aliphatic heterocycles. The molecule has 0 amide bonds. The third-order valence-electron chi connectivity index (χ3n) is 23.1. The van der Waals surface area contributed by atoms with E-state index in [0.29, 0.717) is 19.3 Å². The van der Waals surface area contributed by atoms with Crippen LogP contribution in [0.4, 0.5) is 0 Å². The zero-order valence-electron chi connectivity index (χ0n) is 84.9. The largest absolute Gasteiger partial charge is 0.472 e. The predicted octanol–water partition coefficient (Wildman–Crippen LogP) is 34.7. The number of esters is 3. The SMILES string of the molecule is CC/C=C\C/C=C\C/C=C\C/C=C\C/C=C\C/C=C\CCCCCCCCCCCCCCCCC(=O)OCC(O)COP(=O)(O)OCC(O)COP(=O)(O)OCC(COC(=O)CCCCCCCCCCCCCCCCCCC/C=C\C/C=C\C/C=C\C/C=C\CCCCC)OC(=O)CCCCCCCCCCCCCCCCC/C=C\C/C=C\C/C=C\C/C=C\C/C=C\CC. The Labute approximate surface area is 815 Å². The van der Waals surface area contributed by atoms with Gasteiger partial charge < -0.3 is 34.2 Å². The molecule has 5 atom stereocenters. The Morgan fingerprint density at radius 2 is 0.398 bits per heavy atom. The zero-order chi connectivity index (χ0) is 96.4. The van der Waals surface area contributed by atoms with E-state index in [2.05, 4.69) is 203 Å². The molecule has 0 aromatic heterocycles. The lowest BCUT2D eigenvalue weighted by atomic mass is 10.0. The summed E-state index contributed by atoms with van der Waals surface area (Å²) >= 11 is 0. The average molecular weight is 1900 g/mol. The number of phosphoric acid groups is 2. The van der Waals surface area contributed by atoms with Crippen molar-refractivity contribution >= 4 is 33.6 Å². The fourth-order valence-corrected chi connectivity index (χ4v) is 16.6. The van der Waals surface area contributed by atoms with Crippen molar-refractivity contribution in [3.8, 4) is 0 Å². The number of hydrogen-bond acceptors (Lipinski definition) is 14. The Morgan fingerprint density at radius 3 is 0.632 bits per heavy atom. The van der Waals surface area contributed by atoms with Gasteiger partial charge in [-0.2, -0.15) is 0 Å². The number of carbonyl (C=O) groups is 3. The lowest BCUT2D eigenvalue weighted by Gasteiger charge is -2.21. The highest BCUT2D eigenvalue weighted by Crippen LogP contribution is 2.45. The van der Waals surface area contributed by atoms with Crippen LogP contribution < -0.4 is 0 Å². The molecule has 764 valence electrons. The van der Waals surface area contributed by atoms with E-state index in [1.807, 2.05) is 0 Å². The molecule has 0 saturated heterocycles. The van der Waals surface area contributed by atoms with E-state index in [9.17, 15) is 43.5 Å². The monoisotopic (exact) mass is 1900 g/mol. The molecule has 0 radical (unpaired) electrons.